The van der Waals surface area contributed by atoms with Crippen LogP contribution in [0.25, 0.3) is 11.3 Å². The van der Waals surface area contributed by atoms with E-state index in [0.717, 1.165) is 22.5 Å². The first-order valence-corrected chi connectivity index (χ1v) is 10.3. The maximum atomic E-state index is 13.0. The molecule has 4 rings (SSSR count). The Hall–Kier alpha value is -2.41. The maximum Gasteiger partial charge on any atom is 0.279 e. The predicted octanol–water partition coefficient (Wildman–Crippen LogP) is 4.67. The number of amides is 1. The fourth-order valence-corrected chi connectivity index (χ4v) is 4.50. The lowest BCUT2D eigenvalue weighted by atomic mass is 10.1. The lowest BCUT2D eigenvalue weighted by Gasteiger charge is -2.13. The van der Waals surface area contributed by atoms with Gasteiger partial charge in [0.1, 0.15) is 0 Å². The van der Waals surface area contributed by atoms with Crippen LogP contribution in [0.4, 0.5) is 5.69 Å². The molecule has 8 heteroatoms. The summed E-state index contributed by atoms with van der Waals surface area (Å²) in [6, 6.07) is 13.0. The fraction of sp³-hybridized carbons (Fsp3) is 0.150. The summed E-state index contributed by atoms with van der Waals surface area (Å²) in [5.74, 6) is -0.127. The van der Waals surface area contributed by atoms with E-state index in [9.17, 15) is 4.79 Å². The van der Waals surface area contributed by atoms with E-state index < -0.39 is 0 Å². The molecule has 1 aromatic heterocycles. The number of carbonyl (C=O) groups excluding carboxylic acids is 1. The third kappa shape index (κ3) is 3.07. The number of fused-ring (bicyclic) bond motifs is 1. The van der Waals surface area contributed by atoms with Gasteiger partial charge in [0.15, 0.2) is 5.71 Å². The number of halogens is 2. The van der Waals surface area contributed by atoms with Crippen LogP contribution >= 0.6 is 34.5 Å². The first kappa shape index (κ1) is 18.9. The Labute approximate surface area is 176 Å². The minimum Gasteiger partial charge on any atom is -0.307 e. The monoisotopic (exact) mass is 430 g/mol. The molecular formula is C20H16Cl2N4OS. The van der Waals surface area contributed by atoms with Gasteiger partial charge in [0, 0.05) is 35.1 Å². The number of carbonyl (C=O) groups is 1. The lowest BCUT2D eigenvalue weighted by molar-refractivity contribution is -0.112. The molecule has 0 bridgehead atoms. The minimum absolute atomic E-state index is 0.127. The molecule has 1 aliphatic rings. The smallest absolute Gasteiger partial charge is 0.279 e. The molecule has 1 amide bonds. The number of anilines is 1. The van der Waals surface area contributed by atoms with Gasteiger partial charge in [-0.2, -0.15) is 5.10 Å². The van der Waals surface area contributed by atoms with Gasteiger partial charge < -0.3 is 4.90 Å². The van der Waals surface area contributed by atoms with Crippen molar-refractivity contribution < 1.29 is 4.79 Å². The Morgan fingerprint density at radius 1 is 1.11 bits per heavy atom. The molecule has 0 fully saturated rings. The summed E-state index contributed by atoms with van der Waals surface area (Å²) in [5.41, 5.74) is 3.58. The number of rotatable bonds is 3. The van der Waals surface area contributed by atoms with Crippen molar-refractivity contribution in [1.29, 1.82) is 0 Å². The second-order valence-corrected chi connectivity index (χ2v) is 7.76. The Bertz CT molecular complexity index is 1180. The van der Waals surface area contributed by atoms with E-state index in [1.165, 1.54) is 11.3 Å². The van der Waals surface area contributed by atoms with E-state index in [1.54, 1.807) is 28.8 Å². The van der Waals surface area contributed by atoms with E-state index in [1.807, 2.05) is 42.6 Å². The predicted molar refractivity (Wildman–Crippen MR) is 116 cm³/mol. The van der Waals surface area contributed by atoms with Gasteiger partial charge in [-0.15, -0.1) is 11.3 Å². The number of hydrogen-bond acceptors (Lipinski definition) is 4. The number of likely N-dealkylation sites (N-methyl/N-ethyl adjacent to an activating group) is 1. The minimum atomic E-state index is -0.127. The SMILES string of the molecule is CCN1C(=O)C(=Nn2c(-c3ccc(Cl)cc3Cl)csc2=NC)c2ccccc21. The highest BCUT2D eigenvalue weighted by atomic mass is 35.5. The van der Waals surface area contributed by atoms with Crippen LogP contribution in [0.15, 0.2) is 57.9 Å². The number of aromatic nitrogens is 1. The molecular weight excluding hydrogens is 415 g/mol. The van der Waals surface area contributed by atoms with E-state index >= 15 is 0 Å². The maximum absolute atomic E-state index is 13.0. The summed E-state index contributed by atoms with van der Waals surface area (Å²) < 4.78 is 1.67. The van der Waals surface area contributed by atoms with Crippen LogP contribution in [0.3, 0.4) is 0 Å². The third-order valence-electron chi connectivity index (χ3n) is 4.50. The molecule has 0 saturated carbocycles. The average molecular weight is 431 g/mol. The summed E-state index contributed by atoms with van der Waals surface area (Å²) in [7, 11) is 1.69. The van der Waals surface area contributed by atoms with Gasteiger partial charge in [0.05, 0.1) is 16.4 Å². The Balaban J connectivity index is 1.94. The standard InChI is InChI=1S/C20H16Cl2N4OS/c1-3-25-16-7-5-4-6-14(16)18(19(25)27)24-26-17(11-28-20(26)23-2)13-9-8-12(21)10-15(13)22/h4-11H,3H2,1-2H3. The summed E-state index contributed by atoms with van der Waals surface area (Å²) in [5, 5.41) is 7.70. The van der Waals surface area contributed by atoms with E-state index in [-0.39, 0.29) is 5.91 Å². The summed E-state index contributed by atoms with van der Waals surface area (Å²) >= 11 is 13.9. The third-order valence-corrected chi connectivity index (χ3v) is 5.95. The van der Waals surface area contributed by atoms with Crippen molar-refractivity contribution in [2.45, 2.75) is 6.92 Å². The molecule has 2 heterocycles. The Kier molecular flexibility index (Phi) is 5.10. The topological polar surface area (TPSA) is 50.0 Å². The van der Waals surface area contributed by atoms with Gasteiger partial charge in [0.2, 0.25) is 4.80 Å². The van der Waals surface area contributed by atoms with Crippen LogP contribution in [0.2, 0.25) is 10.0 Å². The molecule has 0 atom stereocenters. The van der Waals surface area contributed by atoms with Crippen LogP contribution in [-0.2, 0) is 4.79 Å². The first-order valence-electron chi connectivity index (χ1n) is 8.64. The van der Waals surface area contributed by atoms with Crippen molar-refractivity contribution in [2.24, 2.45) is 10.1 Å². The zero-order chi connectivity index (χ0) is 19.8. The van der Waals surface area contributed by atoms with Gasteiger partial charge in [-0.25, -0.2) is 4.68 Å². The van der Waals surface area contributed by atoms with Crippen LogP contribution in [0.1, 0.15) is 12.5 Å². The largest absolute Gasteiger partial charge is 0.307 e. The number of para-hydroxylation sites is 1. The molecule has 3 aromatic rings. The van der Waals surface area contributed by atoms with Crippen molar-refractivity contribution in [3.63, 3.8) is 0 Å². The second-order valence-electron chi connectivity index (χ2n) is 6.08. The number of benzene rings is 2. The quantitative estimate of drug-likeness (QED) is 0.595. The van der Waals surface area contributed by atoms with Gasteiger partial charge in [-0.05, 0) is 31.2 Å². The number of hydrogen-bond donors (Lipinski definition) is 0. The molecule has 142 valence electrons. The first-order chi connectivity index (χ1) is 13.5. The molecule has 0 spiro atoms. The second kappa shape index (κ2) is 7.54. The molecule has 0 radical (unpaired) electrons. The van der Waals surface area contributed by atoms with Crippen molar-refractivity contribution >= 4 is 51.8 Å². The van der Waals surface area contributed by atoms with Gasteiger partial charge in [0.25, 0.3) is 5.91 Å². The van der Waals surface area contributed by atoms with E-state index in [2.05, 4.69) is 4.99 Å². The summed E-state index contributed by atoms with van der Waals surface area (Å²) in [6.45, 7) is 2.52. The zero-order valence-corrected chi connectivity index (χ0v) is 17.5. The highest BCUT2D eigenvalue weighted by Gasteiger charge is 2.33. The van der Waals surface area contributed by atoms with Crippen LogP contribution in [-0.4, -0.2) is 29.9 Å². The fourth-order valence-electron chi connectivity index (χ4n) is 3.20. The summed E-state index contributed by atoms with van der Waals surface area (Å²) in [6.07, 6.45) is 0. The van der Waals surface area contributed by atoms with Crippen molar-refractivity contribution in [3.05, 3.63) is 68.3 Å². The van der Waals surface area contributed by atoms with Gasteiger partial charge in [-0.3, -0.25) is 9.79 Å². The molecule has 28 heavy (non-hydrogen) atoms. The molecule has 1 aliphatic heterocycles. The molecule has 0 saturated heterocycles. The zero-order valence-electron chi connectivity index (χ0n) is 15.2. The van der Waals surface area contributed by atoms with Crippen LogP contribution in [0, 0.1) is 0 Å². The summed E-state index contributed by atoms with van der Waals surface area (Å²) in [4.78, 5) is 19.7. The van der Waals surface area contributed by atoms with Crippen molar-refractivity contribution in [3.8, 4) is 11.3 Å². The lowest BCUT2D eigenvalue weighted by Crippen LogP contribution is -2.30. The van der Waals surface area contributed by atoms with E-state index in [0.29, 0.717) is 27.1 Å². The highest BCUT2D eigenvalue weighted by molar-refractivity contribution is 7.07. The van der Waals surface area contributed by atoms with Crippen molar-refractivity contribution in [2.75, 3.05) is 18.5 Å². The van der Waals surface area contributed by atoms with E-state index in [4.69, 9.17) is 28.3 Å². The Morgan fingerprint density at radius 3 is 2.61 bits per heavy atom. The van der Waals surface area contributed by atoms with Crippen LogP contribution < -0.4 is 9.70 Å². The molecule has 5 nitrogen and oxygen atoms in total. The molecule has 2 aromatic carbocycles. The number of nitrogens with zero attached hydrogens (tertiary/aromatic N) is 4. The molecule has 0 unspecified atom stereocenters. The average Bonchev–Trinajstić information content (AvgIpc) is 3.21. The normalized spacial score (nSPS) is 15.6. The number of thiazole rings is 1. The van der Waals surface area contributed by atoms with Crippen molar-refractivity contribution in [1.82, 2.24) is 4.68 Å². The molecule has 0 N–H and O–H groups in total. The van der Waals surface area contributed by atoms with Crippen LogP contribution in [0.5, 0.6) is 0 Å². The molecule has 0 aliphatic carbocycles. The Morgan fingerprint density at radius 2 is 1.89 bits per heavy atom. The van der Waals surface area contributed by atoms with Gasteiger partial charge >= 0.3 is 0 Å². The highest BCUT2D eigenvalue weighted by Crippen LogP contribution is 2.32. The van der Waals surface area contributed by atoms with Gasteiger partial charge in [-0.1, -0.05) is 41.4 Å².